The van der Waals surface area contributed by atoms with Crippen LogP contribution in [-0.4, -0.2) is 34.1 Å². The van der Waals surface area contributed by atoms with E-state index < -0.39 is 0 Å². The van der Waals surface area contributed by atoms with Crippen molar-refractivity contribution in [1.82, 2.24) is 9.88 Å². The van der Waals surface area contributed by atoms with Crippen LogP contribution in [0.3, 0.4) is 0 Å². The van der Waals surface area contributed by atoms with Gasteiger partial charge < -0.3 is 4.74 Å². The topological polar surface area (TPSA) is 54.8 Å². The Morgan fingerprint density at radius 3 is 2.68 bits per heavy atom. The van der Waals surface area contributed by atoms with Gasteiger partial charge in [0.15, 0.2) is 10.3 Å². The molecule has 2 heterocycles. The summed E-state index contributed by atoms with van der Waals surface area (Å²) in [4.78, 5) is 23.5. The van der Waals surface area contributed by atoms with Gasteiger partial charge in [-0.05, 0) is 47.7 Å². The van der Waals surface area contributed by atoms with Crippen LogP contribution in [0, 0.1) is 0 Å². The standard InChI is InChI=1S/C21H18ClN3O2S/c1-3-12-25-20(26)18(14-15-7-9-16(10-8-15)27-13-4-2)28-21(25)24-17-6-5-11-23-19(17)22/h3-11,14H,1-2,12-13H2/b18-14-,24-21?. The number of aromatic nitrogens is 1. The Labute approximate surface area is 173 Å². The van der Waals surface area contributed by atoms with Crippen LogP contribution in [-0.2, 0) is 4.79 Å². The van der Waals surface area contributed by atoms with E-state index in [-0.39, 0.29) is 11.1 Å². The normalized spacial score (nSPS) is 16.6. The summed E-state index contributed by atoms with van der Waals surface area (Å²) < 4.78 is 5.48. The summed E-state index contributed by atoms with van der Waals surface area (Å²) in [5.41, 5.74) is 1.40. The Kier molecular flexibility index (Phi) is 6.68. The minimum absolute atomic E-state index is 0.129. The number of rotatable bonds is 7. The van der Waals surface area contributed by atoms with Crippen molar-refractivity contribution in [2.24, 2.45) is 4.99 Å². The van der Waals surface area contributed by atoms with Crippen LogP contribution in [0.25, 0.3) is 6.08 Å². The van der Waals surface area contributed by atoms with Crippen LogP contribution in [0.1, 0.15) is 5.56 Å². The maximum Gasteiger partial charge on any atom is 0.267 e. The van der Waals surface area contributed by atoms with E-state index in [2.05, 4.69) is 23.1 Å². The quantitative estimate of drug-likeness (QED) is 0.361. The molecule has 0 bridgehead atoms. The first-order chi connectivity index (χ1) is 13.6. The number of nitrogens with zero attached hydrogens (tertiary/aromatic N) is 3. The minimum atomic E-state index is -0.129. The van der Waals surface area contributed by atoms with Gasteiger partial charge in [0.1, 0.15) is 18.0 Å². The van der Waals surface area contributed by atoms with Gasteiger partial charge in [-0.3, -0.25) is 9.69 Å². The van der Waals surface area contributed by atoms with Gasteiger partial charge >= 0.3 is 0 Å². The molecule has 0 aliphatic carbocycles. The first-order valence-electron chi connectivity index (χ1n) is 8.47. The van der Waals surface area contributed by atoms with E-state index in [9.17, 15) is 4.79 Å². The molecule has 0 spiro atoms. The Balaban J connectivity index is 1.87. The van der Waals surface area contributed by atoms with Crippen molar-refractivity contribution >= 4 is 46.2 Å². The molecule has 0 radical (unpaired) electrons. The number of ether oxygens (including phenoxy) is 1. The number of amides is 1. The average molecular weight is 412 g/mol. The monoisotopic (exact) mass is 411 g/mol. The molecular formula is C21H18ClN3O2S. The zero-order valence-corrected chi connectivity index (χ0v) is 16.6. The Bertz CT molecular complexity index is 954. The van der Waals surface area contributed by atoms with Gasteiger partial charge in [0.2, 0.25) is 0 Å². The van der Waals surface area contributed by atoms with Crippen molar-refractivity contribution in [3.05, 3.63) is 83.5 Å². The summed E-state index contributed by atoms with van der Waals surface area (Å²) in [5.74, 6) is 0.616. The molecule has 1 aliphatic heterocycles. The molecule has 2 aromatic rings. The first-order valence-corrected chi connectivity index (χ1v) is 9.67. The molecule has 1 aromatic carbocycles. The number of amidine groups is 1. The second-order valence-electron chi connectivity index (χ2n) is 5.69. The fourth-order valence-corrected chi connectivity index (χ4v) is 3.57. The fourth-order valence-electron chi connectivity index (χ4n) is 2.41. The predicted molar refractivity (Wildman–Crippen MR) is 116 cm³/mol. The number of halogens is 1. The molecule has 1 aliphatic rings. The van der Waals surface area contributed by atoms with Gasteiger partial charge in [0.05, 0.1) is 4.91 Å². The summed E-state index contributed by atoms with van der Waals surface area (Å²) in [6.45, 7) is 8.15. The molecule has 7 heteroatoms. The van der Waals surface area contributed by atoms with Crippen molar-refractivity contribution in [2.45, 2.75) is 0 Å². The lowest BCUT2D eigenvalue weighted by Gasteiger charge is -2.12. The number of carbonyl (C=O) groups excluding carboxylic acids is 1. The zero-order chi connectivity index (χ0) is 19.9. The predicted octanol–water partition coefficient (Wildman–Crippen LogP) is 5.09. The van der Waals surface area contributed by atoms with Crippen LogP contribution in [0.4, 0.5) is 5.69 Å². The molecule has 0 N–H and O–H groups in total. The number of benzene rings is 1. The van der Waals surface area contributed by atoms with E-state index in [1.54, 1.807) is 35.4 Å². The summed E-state index contributed by atoms with van der Waals surface area (Å²) in [6.07, 6.45) is 6.77. The number of pyridine rings is 1. The van der Waals surface area contributed by atoms with Gasteiger partial charge in [-0.25, -0.2) is 9.98 Å². The molecule has 1 saturated heterocycles. The summed E-state index contributed by atoms with van der Waals surface area (Å²) in [7, 11) is 0. The van der Waals surface area contributed by atoms with Crippen LogP contribution in [0.2, 0.25) is 5.15 Å². The highest BCUT2D eigenvalue weighted by Gasteiger charge is 2.32. The van der Waals surface area contributed by atoms with Crippen LogP contribution < -0.4 is 4.74 Å². The molecule has 3 rings (SSSR count). The molecule has 1 fully saturated rings. The van der Waals surface area contributed by atoms with Gasteiger partial charge in [-0.1, -0.05) is 42.5 Å². The van der Waals surface area contributed by atoms with Crippen molar-refractivity contribution in [2.75, 3.05) is 13.2 Å². The lowest BCUT2D eigenvalue weighted by atomic mass is 10.2. The number of hydrogen-bond donors (Lipinski definition) is 0. The third-order valence-corrected chi connectivity index (χ3v) is 5.00. The third-order valence-electron chi connectivity index (χ3n) is 3.70. The lowest BCUT2D eigenvalue weighted by Crippen LogP contribution is -2.29. The maximum atomic E-state index is 12.8. The number of aliphatic imine (C=N–C) groups is 1. The highest BCUT2D eigenvalue weighted by molar-refractivity contribution is 8.18. The van der Waals surface area contributed by atoms with Gasteiger partial charge in [-0.2, -0.15) is 0 Å². The smallest absolute Gasteiger partial charge is 0.267 e. The van der Waals surface area contributed by atoms with Gasteiger partial charge in [0.25, 0.3) is 5.91 Å². The zero-order valence-electron chi connectivity index (χ0n) is 15.0. The van der Waals surface area contributed by atoms with E-state index in [1.165, 1.54) is 11.8 Å². The van der Waals surface area contributed by atoms with Gasteiger partial charge in [0, 0.05) is 12.7 Å². The van der Waals surface area contributed by atoms with Crippen molar-refractivity contribution in [3.8, 4) is 5.75 Å². The van der Waals surface area contributed by atoms with E-state index in [1.807, 2.05) is 30.3 Å². The molecule has 28 heavy (non-hydrogen) atoms. The van der Waals surface area contributed by atoms with Crippen molar-refractivity contribution < 1.29 is 9.53 Å². The summed E-state index contributed by atoms with van der Waals surface area (Å²) in [5, 5.41) is 0.825. The molecule has 5 nitrogen and oxygen atoms in total. The second-order valence-corrected chi connectivity index (χ2v) is 7.06. The highest BCUT2D eigenvalue weighted by atomic mass is 35.5. The Morgan fingerprint density at radius 2 is 2.00 bits per heavy atom. The van der Waals surface area contributed by atoms with Crippen LogP contribution in [0.15, 0.2) is 77.8 Å². The van der Waals surface area contributed by atoms with Crippen LogP contribution >= 0.6 is 23.4 Å². The molecule has 142 valence electrons. The third kappa shape index (κ3) is 4.71. The van der Waals surface area contributed by atoms with E-state index >= 15 is 0 Å². The van der Waals surface area contributed by atoms with Crippen molar-refractivity contribution in [3.63, 3.8) is 0 Å². The minimum Gasteiger partial charge on any atom is -0.490 e. The molecule has 1 aromatic heterocycles. The average Bonchev–Trinajstić information content (AvgIpc) is 2.98. The van der Waals surface area contributed by atoms with Crippen molar-refractivity contribution in [1.29, 1.82) is 0 Å². The fraction of sp³-hybridized carbons (Fsp3) is 0.0952. The summed E-state index contributed by atoms with van der Waals surface area (Å²) in [6, 6.07) is 11.0. The highest BCUT2D eigenvalue weighted by Crippen LogP contribution is 2.35. The van der Waals surface area contributed by atoms with E-state index in [0.29, 0.717) is 28.9 Å². The largest absolute Gasteiger partial charge is 0.490 e. The number of carbonyl (C=O) groups is 1. The SMILES string of the molecule is C=CCOc1ccc(/C=C2\SC(=Nc3cccnc3Cl)N(CC=C)C2=O)cc1. The summed E-state index contributed by atoms with van der Waals surface area (Å²) >= 11 is 7.39. The van der Waals surface area contributed by atoms with E-state index in [0.717, 1.165) is 11.3 Å². The molecule has 0 saturated carbocycles. The lowest BCUT2D eigenvalue weighted by molar-refractivity contribution is -0.121. The molecule has 1 amide bonds. The van der Waals surface area contributed by atoms with Gasteiger partial charge in [-0.15, -0.1) is 6.58 Å². The first kappa shape index (κ1) is 19.9. The Morgan fingerprint density at radius 1 is 1.21 bits per heavy atom. The molecule has 0 atom stereocenters. The second kappa shape index (κ2) is 9.39. The Hall–Kier alpha value is -2.83. The number of thioether (sulfide) groups is 1. The molecular weight excluding hydrogens is 394 g/mol. The van der Waals surface area contributed by atoms with E-state index in [4.69, 9.17) is 16.3 Å². The number of hydrogen-bond acceptors (Lipinski definition) is 5. The van der Waals surface area contributed by atoms with Crippen LogP contribution in [0.5, 0.6) is 5.75 Å². The molecule has 0 unspecified atom stereocenters. The maximum absolute atomic E-state index is 12.8.